The fraction of sp³-hybridized carbons (Fsp3) is 0.133. The van der Waals surface area contributed by atoms with Crippen LogP contribution in [0.25, 0.3) is 0 Å². The molecule has 0 fully saturated rings. The zero-order valence-corrected chi connectivity index (χ0v) is 12.3. The van der Waals surface area contributed by atoms with Crippen molar-refractivity contribution < 1.29 is 9.72 Å². The minimum absolute atomic E-state index is 0.0600. The smallest absolute Gasteiger partial charge is 0.300 e. The number of para-hydroxylation sites is 2. The Morgan fingerprint density at radius 3 is 2.29 bits per heavy atom. The molecule has 1 amide bonds. The lowest BCUT2D eigenvalue weighted by Crippen LogP contribution is -2.15. The molecule has 2 aromatic carbocycles. The normalized spacial score (nSPS) is 10.2. The average molecular weight is 305 g/mol. The van der Waals surface area contributed by atoms with E-state index in [2.05, 4.69) is 5.32 Å². The van der Waals surface area contributed by atoms with Gasteiger partial charge in [-0.3, -0.25) is 14.9 Å². The number of nitrogens with zero attached hydrogens (tertiary/aromatic N) is 1. The Hall–Kier alpha value is -2.40. The molecule has 0 aliphatic rings. The SMILES string of the molecule is Cc1cccc(C)c1NC(=O)c1cccc(Cl)c1[N+](=O)[O-]. The molecular formula is C15H13ClN2O3. The molecule has 0 aliphatic carbocycles. The first kappa shape index (κ1) is 15.0. The third-order valence-electron chi connectivity index (χ3n) is 3.13. The first-order valence-corrected chi connectivity index (χ1v) is 6.60. The Morgan fingerprint density at radius 1 is 1.14 bits per heavy atom. The minimum atomic E-state index is -0.651. The molecule has 2 aromatic rings. The van der Waals surface area contributed by atoms with E-state index in [9.17, 15) is 14.9 Å². The summed E-state index contributed by atoms with van der Waals surface area (Å²) in [6, 6.07) is 9.86. The van der Waals surface area contributed by atoms with Crippen LogP contribution in [0.4, 0.5) is 11.4 Å². The van der Waals surface area contributed by atoms with Crippen molar-refractivity contribution in [3.8, 4) is 0 Å². The number of hydrogen-bond acceptors (Lipinski definition) is 3. The van der Waals surface area contributed by atoms with Crippen molar-refractivity contribution in [1.29, 1.82) is 0 Å². The second kappa shape index (κ2) is 5.93. The number of anilines is 1. The number of nitro benzene ring substituents is 1. The summed E-state index contributed by atoms with van der Waals surface area (Å²) < 4.78 is 0. The summed E-state index contributed by atoms with van der Waals surface area (Å²) in [4.78, 5) is 22.7. The molecule has 6 heteroatoms. The van der Waals surface area contributed by atoms with Crippen molar-refractivity contribution in [2.45, 2.75) is 13.8 Å². The van der Waals surface area contributed by atoms with Crippen molar-refractivity contribution >= 4 is 28.9 Å². The molecule has 0 bridgehead atoms. The first-order chi connectivity index (χ1) is 9.91. The van der Waals surface area contributed by atoms with Gasteiger partial charge in [-0.15, -0.1) is 0 Å². The molecule has 0 aliphatic heterocycles. The van der Waals surface area contributed by atoms with E-state index in [1.54, 1.807) is 0 Å². The monoisotopic (exact) mass is 304 g/mol. The van der Waals surface area contributed by atoms with E-state index in [1.165, 1.54) is 18.2 Å². The molecule has 0 atom stereocenters. The largest absolute Gasteiger partial charge is 0.321 e. The van der Waals surface area contributed by atoms with Crippen molar-refractivity contribution in [2.75, 3.05) is 5.32 Å². The number of nitrogens with one attached hydrogen (secondary N) is 1. The van der Waals surface area contributed by atoms with Crippen LogP contribution >= 0.6 is 11.6 Å². The third kappa shape index (κ3) is 3.03. The number of amides is 1. The maximum atomic E-state index is 12.3. The fourth-order valence-electron chi connectivity index (χ4n) is 2.08. The van der Waals surface area contributed by atoms with Crippen LogP contribution in [0.5, 0.6) is 0 Å². The zero-order valence-electron chi connectivity index (χ0n) is 11.5. The predicted octanol–water partition coefficient (Wildman–Crippen LogP) is 4.12. The number of rotatable bonds is 3. The first-order valence-electron chi connectivity index (χ1n) is 6.22. The number of aryl methyl sites for hydroxylation is 2. The molecule has 1 N–H and O–H groups in total. The highest BCUT2D eigenvalue weighted by molar-refractivity contribution is 6.33. The van der Waals surface area contributed by atoms with Crippen LogP contribution in [0.3, 0.4) is 0 Å². The summed E-state index contributed by atoms with van der Waals surface area (Å²) >= 11 is 5.81. The van der Waals surface area contributed by atoms with Crippen LogP contribution in [0.2, 0.25) is 5.02 Å². The van der Waals surface area contributed by atoms with Gasteiger partial charge in [0.25, 0.3) is 5.91 Å². The predicted molar refractivity (Wildman–Crippen MR) is 82.0 cm³/mol. The number of hydrogen-bond donors (Lipinski definition) is 1. The van der Waals surface area contributed by atoms with E-state index >= 15 is 0 Å². The van der Waals surface area contributed by atoms with Crippen molar-refractivity contribution in [1.82, 2.24) is 0 Å². The molecule has 0 heterocycles. The molecule has 0 aromatic heterocycles. The molecule has 21 heavy (non-hydrogen) atoms. The number of benzene rings is 2. The second-order valence-electron chi connectivity index (χ2n) is 4.61. The van der Waals surface area contributed by atoms with Crippen LogP contribution in [0.15, 0.2) is 36.4 Å². The van der Waals surface area contributed by atoms with E-state index in [1.807, 2.05) is 32.0 Å². The highest BCUT2D eigenvalue weighted by Crippen LogP contribution is 2.29. The summed E-state index contributed by atoms with van der Waals surface area (Å²) in [7, 11) is 0. The highest BCUT2D eigenvalue weighted by atomic mass is 35.5. The molecule has 5 nitrogen and oxygen atoms in total. The molecule has 0 radical (unpaired) electrons. The third-order valence-corrected chi connectivity index (χ3v) is 3.44. The quantitative estimate of drug-likeness (QED) is 0.685. The summed E-state index contributed by atoms with van der Waals surface area (Å²) in [5, 5.41) is 13.7. The van der Waals surface area contributed by atoms with Gasteiger partial charge in [-0.2, -0.15) is 0 Å². The number of halogens is 1. The van der Waals surface area contributed by atoms with Gasteiger partial charge in [0.15, 0.2) is 0 Å². The van der Waals surface area contributed by atoms with Gasteiger partial charge in [-0.1, -0.05) is 35.9 Å². The summed E-state index contributed by atoms with van der Waals surface area (Å²) in [5.74, 6) is -0.554. The van der Waals surface area contributed by atoms with E-state index in [-0.39, 0.29) is 16.3 Å². The van der Waals surface area contributed by atoms with Gasteiger partial charge < -0.3 is 5.32 Å². The van der Waals surface area contributed by atoms with E-state index in [0.29, 0.717) is 5.69 Å². The molecule has 0 unspecified atom stereocenters. The Labute approximate surface area is 126 Å². The zero-order chi connectivity index (χ0) is 15.6. The topological polar surface area (TPSA) is 72.2 Å². The molecule has 0 saturated heterocycles. The van der Waals surface area contributed by atoms with Crippen molar-refractivity contribution in [3.05, 3.63) is 68.2 Å². The van der Waals surface area contributed by atoms with Crippen LogP contribution in [0.1, 0.15) is 21.5 Å². The molecule has 0 spiro atoms. The average Bonchev–Trinajstić information content (AvgIpc) is 2.42. The van der Waals surface area contributed by atoms with Gasteiger partial charge in [-0.25, -0.2) is 0 Å². The minimum Gasteiger partial charge on any atom is -0.321 e. The van der Waals surface area contributed by atoms with Gasteiger partial charge in [0, 0.05) is 5.69 Å². The summed E-state index contributed by atoms with van der Waals surface area (Å²) in [5.41, 5.74) is 1.97. The van der Waals surface area contributed by atoms with Crippen LogP contribution in [-0.4, -0.2) is 10.8 Å². The lowest BCUT2D eigenvalue weighted by molar-refractivity contribution is -0.385. The van der Waals surface area contributed by atoms with Gasteiger partial charge in [-0.05, 0) is 37.1 Å². The van der Waals surface area contributed by atoms with Crippen molar-refractivity contribution in [3.63, 3.8) is 0 Å². The molecular weight excluding hydrogens is 292 g/mol. The number of carbonyl (C=O) groups is 1. The number of nitro groups is 1. The van der Waals surface area contributed by atoms with Gasteiger partial charge in [0.2, 0.25) is 0 Å². The second-order valence-corrected chi connectivity index (χ2v) is 5.02. The van der Waals surface area contributed by atoms with E-state index in [0.717, 1.165) is 11.1 Å². The molecule has 0 saturated carbocycles. The molecule has 2 rings (SSSR count). The fourth-order valence-corrected chi connectivity index (χ4v) is 2.32. The Kier molecular flexibility index (Phi) is 4.23. The van der Waals surface area contributed by atoms with Crippen molar-refractivity contribution in [2.24, 2.45) is 0 Å². The lowest BCUT2D eigenvalue weighted by Gasteiger charge is -2.11. The van der Waals surface area contributed by atoms with Crippen LogP contribution < -0.4 is 5.32 Å². The lowest BCUT2D eigenvalue weighted by atomic mass is 10.1. The van der Waals surface area contributed by atoms with Crippen LogP contribution in [-0.2, 0) is 0 Å². The standard InChI is InChI=1S/C15H13ClN2O3/c1-9-5-3-6-10(2)13(9)17-15(19)11-7-4-8-12(16)14(11)18(20)21/h3-8H,1-2H3,(H,17,19). The summed E-state index contributed by atoms with van der Waals surface area (Å²) in [6.45, 7) is 3.71. The van der Waals surface area contributed by atoms with Crippen LogP contribution in [0, 0.1) is 24.0 Å². The van der Waals surface area contributed by atoms with Gasteiger partial charge >= 0.3 is 5.69 Å². The maximum absolute atomic E-state index is 12.3. The van der Waals surface area contributed by atoms with E-state index in [4.69, 9.17) is 11.6 Å². The maximum Gasteiger partial charge on any atom is 0.300 e. The highest BCUT2D eigenvalue weighted by Gasteiger charge is 2.24. The Balaban J connectivity index is 2.43. The summed E-state index contributed by atoms with van der Waals surface area (Å²) in [6.07, 6.45) is 0. The molecule has 108 valence electrons. The van der Waals surface area contributed by atoms with E-state index < -0.39 is 10.8 Å². The van der Waals surface area contributed by atoms with Gasteiger partial charge in [0.05, 0.1) is 4.92 Å². The van der Waals surface area contributed by atoms with Gasteiger partial charge in [0.1, 0.15) is 10.6 Å². The number of carbonyl (C=O) groups excluding carboxylic acids is 1. The Morgan fingerprint density at radius 2 is 1.71 bits per heavy atom. The Bertz CT molecular complexity index is 709.